The largest absolute Gasteiger partial charge is 0.498 e. The molecule has 3 rings (SSSR count). The van der Waals surface area contributed by atoms with Crippen molar-refractivity contribution in [3.8, 4) is 0 Å². The van der Waals surface area contributed by atoms with Crippen molar-refractivity contribution in [2.24, 2.45) is 0 Å². The fourth-order valence-electron chi connectivity index (χ4n) is 3.40. The first-order chi connectivity index (χ1) is 13.1. The van der Waals surface area contributed by atoms with Crippen LogP contribution in [0.15, 0.2) is 30.6 Å². The second-order valence-corrected chi connectivity index (χ2v) is 11.5. The van der Waals surface area contributed by atoms with Crippen LogP contribution in [0.25, 0.3) is 0 Å². The van der Waals surface area contributed by atoms with Crippen LogP contribution in [0.5, 0.6) is 0 Å². The monoisotopic (exact) mass is 396 g/mol. The molecule has 1 aromatic carbocycles. The Labute approximate surface area is 177 Å². The van der Waals surface area contributed by atoms with Crippen LogP contribution in [-0.2, 0) is 26.7 Å². The summed E-state index contributed by atoms with van der Waals surface area (Å²) in [6.07, 6.45) is 3.91. The SMILES string of the molecule is CC(C)(C)c1cc(Cn2cc(B3OC(C)(C)C(C)(C)O3)cn2)cc(C(C)(C)C)c1. The average molecular weight is 396 g/mol. The van der Waals surface area contributed by atoms with Crippen molar-refractivity contribution in [1.82, 2.24) is 9.78 Å². The van der Waals surface area contributed by atoms with Gasteiger partial charge < -0.3 is 9.31 Å². The summed E-state index contributed by atoms with van der Waals surface area (Å²) < 4.78 is 14.3. The summed E-state index contributed by atoms with van der Waals surface area (Å²) in [7, 11) is -0.375. The van der Waals surface area contributed by atoms with E-state index in [0.717, 1.165) is 12.0 Å². The van der Waals surface area contributed by atoms with E-state index in [2.05, 4.69) is 92.5 Å². The van der Waals surface area contributed by atoms with Gasteiger partial charge in [0.1, 0.15) is 0 Å². The van der Waals surface area contributed by atoms with Gasteiger partial charge in [0.2, 0.25) is 0 Å². The molecule has 2 aromatic rings. The van der Waals surface area contributed by atoms with Crippen molar-refractivity contribution in [3.63, 3.8) is 0 Å². The van der Waals surface area contributed by atoms with Crippen LogP contribution in [0, 0.1) is 0 Å². The Hall–Kier alpha value is -1.59. The summed E-state index contributed by atoms with van der Waals surface area (Å²) in [5.41, 5.74) is 4.47. The highest BCUT2D eigenvalue weighted by molar-refractivity contribution is 6.62. The lowest BCUT2D eigenvalue weighted by atomic mass is 9.79. The molecule has 0 bridgehead atoms. The molecule has 0 atom stereocenters. The summed E-state index contributed by atoms with van der Waals surface area (Å²) in [6, 6.07) is 6.97. The van der Waals surface area contributed by atoms with E-state index in [1.165, 1.54) is 16.7 Å². The minimum absolute atomic E-state index is 0.105. The third-order valence-corrected chi connectivity index (χ3v) is 6.25. The molecule has 0 aliphatic carbocycles. The highest BCUT2D eigenvalue weighted by atomic mass is 16.7. The van der Waals surface area contributed by atoms with Crippen molar-refractivity contribution in [3.05, 3.63) is 47.3 Å². The zero-order valence-corrected chi connectivity index (χ0v) is 19.9. The molecule has 158 valence electrons. The molecule has 0 spiro atoms. The molecular weight excluding hydrogens is 359 g/mol. The van der Waals surface area contributed by atoms with Gasteiger partial charge in [-0.2, -0.15) is 5.10 Å². The van der Waals surface area contributed by atoms with Crippen molar-refractivity contribution in [2.45, 2.75) is 97.8 Å². The van der Waals surface area contributed by atoms with Crippen molar-refractivity contribution < 1.29 is 9.31 Å². The lowest BCUT2D eigenvalue weighted by Crippen LogP contribution is -2.41. The Morgan fingerprint density at radius 2 is 1.34 bits per heavy atom. The minimum Gasteiger partial charge on any atom is -0.399 e. The second-order valence-electron chi connectivity index (χ2n) is 11.5. The van der Waals surface area contributed by atoms with Crippen LogP contribution < -0.4 is 5.46 Å². The Kier molecular flexibility index (Phi) is 5.33. The molecule has 29 heavy (non-hydrogen) atoms. The van der Waals surface area contributed by atoms with Gasteiger partial charge in [-0.3, -0.25) is 4.68 Å². The van der Waals surface area contributed by atoms with Crippen molar-refractivity contribution >= 4 is 12.6 Å². The van der Waals surface area contributed by atoms with Crippen LogP contribution in [-0.4, -0.2) is 28.1 Å². The van der Waals surface area contributed by atoms with Crippen LogP contribution >= 0.6 is 0 Å². The summed E-state index contributed by atoms with van der Waals surface area (Å²) in [5, 5.41) is 4.59. The molecule has 1 aliphatic rings. The summed E-state index contributed by atoms with van der Waals surface area (Å²) in [6.45, 7) is 22.6. The number of aromatic nitrogens is 2. The fourth-order valence-corrected chi connectivity index (χ4v) is 3.40. The van der Waals surface area contributed by atoms with Crippen molar-refractivity contribution in [2.75, 3.05) is 0 Å². The number of hydrogen-bond donors (Lipinski definition) is 0. The highest BCUT2D eigenvalue weighted by Gasteiger charge is 2.52. The Bertz CT molecular complexity index is 837. The maximum absolute atomic E-state index is 6.17. The molecule has 1 saturated heterocycles. The van der Waals surface area contributed by atoms with Gasteiger partial charge in [0.15, 0.2) is 0 Å². The summed E-state index contributed by atoms with van der Waals surface area (Å²) >= 11 is 0. The number of rotatable bonds is 3. The number of benzene rings is 1. The lowest BCUT2D eigenvalue weighted by molar-refractivity contribution is 0.00578. The van der Waals surface area contributed by atoms with Gasteiger partial charge in [0, 0.05) is 17.9 Å². The van der Waals surface area contributed by atoms with Crippen LogP contribution in [0.2, 0.25) is 0 Å². The molecule has 5 heteroatoms. The van der Waals surface area contributed by atoms with Crippen LogP contribution in [0.1, 0.15) is 85.9 Å². The van der Waals surface area contributed by atoms with Gasteiger partial charge in [0.05, 0.1) is 17.7 Å². The Morgan fingerprint density at radius 1 is 0.862 bits per heavy atom. The fraction of sp³-hybridized carbons (Fsp3) is 0.625. The van der Waals surface area contributed by atoms with Gasteiger partial charge in [-0.25, -0.2) is 0 Å². The topological polar surface area (TPSA) is 36.3 Å². The zero-order chi connectivity index (χ0) is 21.8. The predicted octanol–water partition coefficient (Wildman–Crippen LogP) is 4.83. The maximum Gasteiger partial charge on any atom is 0.498 e. The molecule has 2 heterocycles. The van der Waals surface area contributed by atoms with E-state index in [0.29, 0.717) is 0 Å². The molecule has 0 unspecified atom stereocenters. The second kappa shape index (κ2) is 6.99. The normalized spacial score (nSPS) is 19.0. The standard InChI is InChI=1S/C24H37BN2O2/c1-21(2,3)18-11-17(12-19(13-18)22(4,5)6)15-27-16-20(14-26-27)25-28-23(7,8)24(9,10)29-25/h11-14,16H,15H2,1-10H3. The average Bonchev–Trinajstić information content (AvgIpc) is 3.08. The molecule has 0 saturated carbocycles. The molecular formula is C24H37BN2O2. The smallest absolute Gasteiger partial charge is 0.399 e. The molecule has 4 nitrogen and oxygen atoms in total. The van der Waals surface area contributed by atoms with Crippen LogP contribution in [0.4, 0.5) is 0 Å². The van der Waals surface area contributed by atoms with Crippen molar-refractivity contribution in [1.29, 1.82) is 0 Å². The Morgan fingerprint density at radius 3 is 1.79 bits per heavy atom. The molecule has 1 fully saturated rings. The number of nitrogens with zero attached hydrogens (tertiary/aromatic N) is 2. The third-order valence-electron chi connectivity index (χ3n) is 6.25. The quantitative estimate of drug-likeness (QED) is 0.698. The van der Waals surface area contributed by atoms with E-state index in [1.54, 1.807) is 0 Å². The third kappa shape index (κ3) is 4.61. The molecule has 1 aliphatic heterocycles. The first-order valence-corrected chi connectivity index (χ1v) is 10.6. The van der Waals surface area contributed by atoms with E-state index in [-0.39, 0.29) is 29.2 Å². The van der Waals surface area contributed by atoms with Gasteiger partial charge in [-0.1, -0.05) is 59.7 Å². The number of hydrogen-bond acceptors (Lipinski definition) is 3. The highest BCUT2D eigenvalue weighted by Crippen LogP contribution is 2.36. The zero-order valence-electron chi connectivity index (χ0n) is 19.9. The summed E-state index contributed by atoms with van der Waals surface area (Å²) in [5.74, 6) is 0. The van der Waals surface area contributed by atoms with E-state index < -0.39 is 0 Å². The maximum atomic E-state index is 6.17. The summed E-state index contributed by atoms with van der Waals surface area (Å²) in [4.78, 5) is 0. The van der Waals surface area contributed by atoms with E-state index in [4.69, 9.17) is 9.31 Å². The predicted molar refractivity (Wildman–Crippen MR) is 121 cm³/mol. The van der Waals surface area contributed by atoms with Gasteiger partial charge in [0.25, 0.3) is 0 Å². The van der Waals surface area contributed by atoms with Gasteiger partial charge >= 0.3 is 7.12 Å². The molecule has 1 aromatic heterocycles. The Balaban J connectivity index is 1.86. The van der Waals surface area contributed by atoms with E-state index in [9.17, 15) is 0 Å². The first kappa shape index (κ1) is 22.1. The minimum atomic E-state index is -0.375. The van der Waals surface area contributed by atoms with E-state index >= 15 is 0 Å². The molecule has 0 amide bonds. The first-order valence-electron chi connectivity index (χ1n) is 10.6. The van der Waals surface area contributed by atoms with Gasteiger partial charge in [-0.05, 0) is 55.2 Å². The van der Waals surface area contributed by atoms with Gasteiger partial charge in [-0.15, -0.1) is 0 Å². The van der Waals surface area contributed by atoms with E-state index in [1.807, 2.05) is 17.1 Å². The molecule has 0 radical (unpaired) electrons. The van der Waals surface area contributed by atoms with Crippen LogP contribution in [0.3, 0.4) is 0 Å². The molecule has 0 N–H and O–H groups in total. The lowest BCUT2D eigenvalue weighted by Gasteiger charge is -2.32.